The molecule has 9 heteroatoms. The number of hydrogen-bond acceptors (Lipinski definition) is 6. The van der Waals surface area contributed by atoms with E-state index in [9.17, 15) is 9.18 Å². The van der Waals surface area contributed by atoms with Crippen LogP contribution in [0.2, 0.25) is 0 Å². The number of aromatic nitrogens is 4. The Morgan fingerprint density at radius 3 is 2.43 bits per heavy atom. The summed E-state index contributed by atoms with van der Waals surface area (Å²) < 4.78 is 20.7. The summed E-state index contributed by atoms with van der Waals surface area (Å²) in [6.45, 7) is 0. The fourth-order valence-electron chi connectivity index (χ4n) is 4.30. The van der Waals surface area contributed by atoms with Gasteiger partial charge in [-0.3, -0.25) is 9.78 Å². The number of aryl methyl sites for hydroxylation is 1. The third kappa shape index (κ3) is 4.89. The minimum Gasteiger partial charge on any atom is -0.497 e. The number of amides is 1. The van der Waals surface area contributed by atoms with Crippen LogP contribution in [0.4, 0.5) is 10.2 Å². The molecule has 8 nitrogen and oxygen atoms in total. The van der Waals surface area contributed by atoms with Crippen molar-refractivity contribution in [3.05, 3.63) is 90.6 Å². The van der Waals surface area contributed by atoms with Gasteiger partial charge in [0.15, 0.2) is 11.5 Å². The van der Waals surface area contributed by atoms with Crippen molar-refractivity contribution in [1.82, 2.24) is 19.5 Å². The van der Waals surface area contributed by atoms with Gasteiger partial charge in [0.2, 0.25) is 5.91 Å². The Kier molecular flexibility index (Phi) is 6.61. The average Bonchev–Trinajstić information content (AvgIpc) is 3.21. The second kappa shape index (κ2) is 10.2. The number of nitrogens with one attached hydrogen (secondary N) is 1. The number of nitrogens with zero attached hydrogens (tertiary/aromatic N) is 4. The van der Waals surface area contributed by atoms with Crippen LogP contribution in [0.5, 0.6) is 5.75 Å². The number of carbonyl (C=O) groups excluding carboxylic acids is 1. The first-order chi connectivity index (χ1) is 17.9. The van der Waals surface area contributed by atoms with E-state index in [1.165, 1.54) is 18.3 Å². The first kappa shape index (κ1) is 24.1. The highest BCUT2D eigenvalue weighted by Crippen LogP contribution is 2.39. The van der Waals surface area contributed by atoms with Crippen LogP contribution < -0.4 is 15.8 Å². The van der Waals surface area contributed by atoms with Crippen molar-refractivity contribution in [2.45, 2.75) is 12.5 Å². The van der Waals surface area contributed by atoms with Gasteiger partial charge in [0.05, 0.1) is 25.0 Å². The lowest BCUT2D eigenvalue weighted by Gasteiger charge is -2.12. The van der Waals surface area contributed by atoms with Crippen LogP contribution in [-0.4, -0.2) is 38.6 Å². The molecule has 0 fully saturated rings. The lowest BCUT2D eigenvalue weighted by atomic mass is 10.0. The standard InChI is InChI=1S/C28H25FN6O2/c1-35-26(19-5-7-20(29)8-6-19)24(18-11-13-31-14-12-18)25-27(35)33-23(16-32-25)34-28(36)22(30)15-17-3-9-21(37-2)10-4-17/h3-14,16,22H,15,30H2,1-2H3,(H,33,34,36)/t22-/m0/s1. The number of rotatable bonds is 7. The summed E-state index contributed by atoms with van der Waals surface area (Å²) in [5, 5.41) is 2.78. The highest BCUT2D eigenvalue weighted by Gasteiger charge is 2.22. The van der Waals surface area contributed by atoms with Crippen molar-refractivity contribution in [3.8, 4) is 28.1 Å². The number of pyridine rings is 1. The molecule has 3 N–H and O–H groups in total. The Bertz CT molecular complexity index is 1550. The summed E-state index contributed by atoms with van der Waals surface area (Å²) in [7, 11) is 3.46. The Labute approximate surface area is 213 Å². The van der Waals surface area contributed by atoms with Crippen LogP contribution in [-0.2, 0) is 18.3 Å². The fraction of sp³-hybridized carbons (Fsp3) is 0.143. The van der Waals surface area contributed by atoms with Crippen LogP contribution >= 0.6 is 0 Å². The lowest BCUT2D eigenvalue weighted by Crippen LogP contribution is -2.37. The van der Waals surface area contributed by atoms with Gasteiger partial charge in [-0.2, -0.15) is 0 Å². The molecule has 1 amide bonds. The van der Waals surface area contributed by atoms with Crippen LogP contribution in [0.1, 0.15) is 5.56 Å². The van der Waals surface area contributed by atoms with Crippen molar-refractivity contribution in [2.75, 3.05) is 12.4 Å². The summed E-state index contributed by atoms with van der Waals surface area (Å²) in [5.41, 5.74) is 11.7. The molecule has 2 aromatic carbocycles. The minimum absolute atomic E-state index is 0.287. The zero-order valence-electron chi connectivity index (χ0n) is 20.4. The minimum atomic E-state index is -0.776. The molecule has 0 aliphatic carbocycles. The van der Waals surface area contributed by atoms with E-state index in [2.05, 4.69) is 20.3 Å². The first-order valence-corrected chi connectivity index (χ1v) is 11.7. The van der Waals surface area contributed by atoms with E-state index in [1.54, 1.807) is 31.6 Å². The summed E-state index contributed by atoms with van der Waals surface area (Å²) in [4.78, 5) is 26.3. The summed E-state index contributed by atoms with van der Waals surface area (Å²) in [5.74, 6) is 0.335. The van der Waals surface area contributed by atoms with Crippen molar-refractivity contribution >= 4 is 22.9 Å². The quantitative estimate of drug-likeness (QED) is 0.347. The lowest BCUT2D eigenvalue weighted by molar-refractivity contribution is -0.117. The normalized spacial score (nSPS) is 11.9. The monoisotopic (exact) mass is 496 g/mol. The maximum Gasteiger partial charge on any atom is 0.242 e. The topological polar surface area (TPSA) is 108 Å². The fourth-order valence-corrected chi connectivity index (χ4v) is 4.30. The van der Waals surface area contributed by atoms with Gasteiger partial charge < -0.3 is 20.4 Å². The molecule has 0 bridgehead atoms. The number of anilines is 1. The maximum atomic E-state index is 13.6. The molecule has 0 unspecified atom stereocenters. The SMILES string of the molecule is COc1ccc(C[C@H](N)C(=O)Nc2cnc3c(-c4ccncc4)c(-c4ccc(F)cc4)n(C)c3n2)cc1. The van der Waals surface area contributed by atoms with Gasteiger partial charge in [-0.05, 0) is 71.6 Å². The zero-order chi connectivity index (χ0) is 25.9. The third-order valence-electron chi connectivity index (χ3n) is 6.17. The maximum absolute atomic E-state index is 13.6. The highest BCUT2D eigenvalue weighted by molar-refractivity contribution is 6.02. The molecule has 186 valence electrons. The van der Waals surface area contributed by atoms with E-state index >= 15 is 0 Å². The Hall–Kier alpha value is -4.63. The van der Waals surface area contributed by atoms with E-state index in [4.69, 9.17) is 10.5 Å². The smallest absolute Gasteiger partial charge is 0.242 e. The number of carbonyl (C=O) groups is 1. The van der Waals surface area contributed by atoms with E-state index in [0.29, 0.717) is 17.6 Å². The number of ether oxygens (including phenoxy) is 1. The number of methoxy groups -OCH3 is 1. The van der Waals surface area contributed by atoms with Gasteiger partial charge in [-0.15, -0.1) is 0 Å². The van der Waals surface area contributed by atoms with Crippen LogP contribution in [0.15, 0.2) is 79.3 Å². The predicted molar refractivity (Wildman–Crippen MR) is 140 cm³/mol. The molecule has 0 saturated heterocycles. The summed E-state index contributed by atoms with van der Waals surface area (Å²) in [6.07, 6.45) is 5.28. The number of halogens is 1. The van der Waals surface area contributed by atoms with Crippen LogP contribution in [0.25, 0.3) is 33.5 Å². The van der Waals surface area contributed by atoms with Gasteiger partial charge in [-0.25, -0.2) is 14.4 Å². The Morgan fingerprint density at radius 1 is 1.05 bits per heavy atom. The molecule has 0 aliphatic heterocycles. The molecule has 0 spiro atoms. The molecule has 0 aliphatic rings. The second-order valence-corrected chi connectivity index (χ2v) is 8.60. The zero-order valence-corrected chi connectivity index (χ0v) is 20.4. The number of hydrogen-bond donors (Lipinski definition) is 2. The molecule has 0 saturated carbocycles. The van der Waals surface area contributed by atoms with E-state index < -0.39 is 6.04 Å². The summed E-state index contributed by atoms with van der Waals surface area (Å²) >= 11 is 0. The van der Waals surface area contributed by atoms with Gasteiger partial charge in [0.25, 0.3) is 0 Å². The summed E-state index contributed by atoms with van der Waals surface area (Å²) in [6, 6.07) is 16.7. The number of nitrogens with two attached hydrogens (primary N) is 1. The molecule has 3 aromatic heterocycles. The van der Waals surface area contributed by atoms with Gasteiger partial charge in [-0.1, -0.05) is 12.1 Å². The number of fused-ring (bicyclic) bond motifs is 1. The van der Waals surface area contributed by atoms with Gasteiger partial charge in [0.1, 0.15) is 17.1 Å². The van der Waals surface area contributed by atoms with Crippen molar-refractivity contribution in [1.29, 1.82) is 0 Å². The Balaban J connectivity index is 1.48. The van der Waals surface area contributed by atoms with Crippen molar-refractivity contribution < 1.29 is 13.9 Å². The average molecular weight is 497 g/mol. The first-order valence-electron chi connectivity index (χ1n) is 11.7. The van der Waals surface area contributed by atoms with Crippen LogP contribution in [0.3, 0.4) is 0 Å². The third-order valence-corrected chi connectivity index (χ3v) is 6.17. The highest BCUT2D eigenvalue weighted by atomic mass is 19.1. The molecular weight excluding hydrogens is 471 g/mol. The second-order valence-electron chi connectivity index (χ2n) is 8.60. The molecule has 3 heterocycles. The molecule has 1 atom stereocenters. The molecule has 5 aromatic rings. The number of benzene rings is 2. The van der Waals surface area contributed by atoms with Crippen molar-refractivity contribution in [2.24, 2.45) is 12.8 Å². The van der Waals surface area contributed by atoms with E-state index in [1.807, 2.05) is 48.0 Å². The molecule has 0 radical (unpaired) electrons. The van der Waals surface area contributed by atoms with Crippen molar-refractivity contribution in [3.63, 3.8) is 0 Å². The van der Waals surface area contributed by atoms with E-state index in [0.717, 1.165) is 33.7 Å². The predicted octanol–water partition coefficient (Wildman–Crippen LogP) is 4.35. The van der Waals surface area contributed by atoms with Crippen LogP contribution in [0, 0.1) is 5.82 Å². The van der Waals surface area contributed by atoms with Gasteiger partial charge >= 0.3 is 0 Å². The largest absolute Gasteiger partial charge is 0.497 e. The molecule has 5 rings (SSSR count). The Morgan fingerprint density at radius 2 is 1.76 bits per heavy atom. The van der Waals surface area contributed by atoms with E-state index in [-0.39, 0.29) is 17.5 Å². The molecular formula is C28H25FN6O2. The van der Waals surface area contributed by atoms with Gasteiger partial charge in [0, 0.05) is 25.0 Å². The molecule has 37 heavy (non-hydrogen) atoms.